The number of aryl methyl sites for hydroxylation is 2. The van der Waals surface area contributed by atoms with E-state index in [0.717, 1.165) is 57.7 Å². The predicted molar refractivity (Wildman–Crippen MR) is 157 cm³/mol. The molecule has 0 unspecified atom stereocenters. The van der Waals surface area contributed by atoms with E-state index in [9.17, 15) is 0 Å². The molecule has 1 fully saturated rings. The summed E-state index contributed by atoms with van der Waals surface area (Å²) in [5.41, 5.74) is 8.96. The molecular weight excluding hydrogens is 489 g/mol. The lowest BCUT2D eigenvalue weighted by molar-refractivity contribution is 0.309. The molecule has 4 nitrogen and oxygen atoms in total. The number of pyridine rings is 1. The molecule has 196 valence electrons. The van der Waals surface area contributed by atoms with E-state index >= 15 is 0 Å². The minimum absolute atomic E-state index is 0. The van der Waals surface area contributed by atoms with E-state index in [4.69, 9.17) is 4.74 Å². The summed E-state index contributed by atoms with van der Waals surface area (Å²) in [6, 6.07) is 16.1. The average Bonchev–Trinajstić information content (AvgIpc) is 2.87. The largest absolute Gasteiger partial charge is 0.494 e. The van der Waals surface area contributed by atoms with E-state index in [1.165, 1.54) is 39.1 Å². The molecule has 0 atom stereocenters. The van der Waals surface area contributed by atoms with Gasteiger partial charge in [0.1, 0.15) is 5.75 Å². The first kappa shape index (κ1) is 30.0. The summed E-state index contributed by atoms with van der Waals surface area (Å²) in [7, 11) is 0. The van der Waals surface area contributed by atoms with Gasteiger partial charge in [0.15, 0.2) is 0 Å². The van der Waals surface area contributed by atoms with Gasteiger partial charge in [-0.3, -0.25) is 4.98 Å². The van der Waals surface area contributed by atoms with Crippen molar-refractivity contribution >= 4 is 30.5 Å². The number of halogens is 2. The molecule has 0 spiro atoms. The molecule has 2 aromatic carbocycles. The molecule has 1 aliphatic rings. The topological polar surface area (TPSA) is 37.4 Å². The Morgan fingerprint density at radius 1 is 0.917 bits per heavy atom. The molecule has 0 saturated carbocycles. The van der Waals surface area contributed by atoms with Gasteiger partial charge in [-0.05, 0) is 111 Å². The quantitative estimate of drug-likeness (QED) is 0.292. The third kappa shape index (κ3) is 7.61. The minimum atomic E-state index is 0. The molecule has 36 heavy (non-hydrogen) atoms. The predicted octanol–water partition coefficient (Wildman–Crippen LogP) is 7.45. The zero-order chi connectivity index (χ0) is 23.9. The number of piperidine rings is 1. The van der Waals surface area contributed by atoms with Crippen molar-refractivity contribution < 1.29 is 4.74 Å². The number of hydrogen-bond acceptors (Lipinski definition) is 4. The molecule has 1 saturated heterocycles. The highest BCUT2D eigenvalue weighted by molar-refractivity contribution is 5.85. The average molecular weight is 531 g/mol. The van der Waals surface area contributed by atoms with Crippen LogP contribution in [-0.2, 0) is 6.54 Å². The maximum Gasteiger partial charge on any atom is 0.119 e. The first-order chi connectivity index (χ1) is 16.5. The number of nitrogens with zero attached hydrogens (tertiary/aromatic N) is 2. The molecular formula is C30H41Cl2N3O. The highest BCUT2D eigenvalue weighted by atomic mass is 35.5. The Kier molecular flexibility index (Phi) is 12.0. The Labute approximate surface area is 229 Å². The Bertz CT molecular complexity index is 1060. The van der Waals surface area contributed by atoms with Gasteiger partial charge < -0.3 is 15.0 Å². The Hall–Kier alpha value is -2.27. The van der Waals surface area contributed by atoms with Gasteiger partial charge in [0.25, 0.3) is 0 Å². The second-order valence-electron chi connectivity index (χ2n) is 9.62. The summed E-state index contributed by atoms with van der Waals surface area (Å²) in [6.07, 6.45) is 8.55. The van der Waals surface area contributed by atoms with E-state index in [2.05, 4.69) is 85.4 Å². The lowest BCUT2D eigenvalue weighted by Gasteiger charge is -2.36. The van der Waals surface area contributed by atoms with E-state index in [0.29, 0.717) is 6.04 Å². The third-order valence-electron chi connectivity index (χ3n) is 7.09. The van der Waals surface area contributed by atoms with Crippen LogP contribution in [0.2, 0.25) is 0 Å². The molecule has 6 heteroatoms. The van der Waals surface area contributed by atoms with E-state index in [-0.39, 0.29) is 24.8 Å². The van der Waals surface area contributed by atoms with Crippen LogP contribution < -0.4 is 15.0 Å². The van der Waals surface area contributed by atoms with E-state index < -0.39 is 0 Å². The number of rotatable bonds is 9. The SMILES string of the molecule is CCCCOc1ccc(N(Cc2cncc(-c3cc(C)c(C)c(C)c3)c2)C2CCNCC2)cc1.Cl.Cl. The second-order valence-corrected chi connectivity index (χ2v) is 9.62. The molecule has 1 aromatic heterocycles. The van der Waals surface area contributed by atoms with Gasteiger partial charge in [0.05, 0.1) is 6.61 Å². The van der Waals surface area contributed by atoms with Gasteiger partial charge in [-0.15, -0.1) is 24.8 Å². The fraction of sp³-hybridized carbons (Fsp3) is 0.433. The van der Waals surface area contributed by atoms with Crippen LogP contribution in [0.5, 0.6) is 5.75 Å². The molecule has 0 aliphatic carbocycles. The maximum atomic E-state index is 5.90. The van der Waals surface area contributed by atoms with Crippen LogP contribution in [0, 0.1) is 20.8 Å². The lowest BCUT2D eigenvalue weighted by atomic mass is 9.96. The number of unbranched alkanes of at least 4 members (excludes halogenated alkanes) is 1. The van der Waals surface area contributed by atoms with Gasteiger partial charge >= 0.3 is 0 Å². The number of hydrogen-bond donors (Lipinski definition) is 1. The van der Waals surface area contributed by atoms with Gasteiger partial charge in [-0.1, -0.05) is 25.5 Å². The van der Waals surface area contributed by atoms with E-state index in [1.54, 1.807) is 0 Å². The van der Waals surface area contributed by atoms with Gasteiger partial charge in [0, 0.05) is 36.2 Å². The number of benzene rings is 2. The normalized spacial score (nSPS) is 13.4. The van der Waals surface area contributed by atoms with Crippen LogP contribution in [-0.4, -0.2) is 30.7 Å². The second kappa shape index (κ2) is 14.5. The summed E-state index contributed by atoms with van der Waals surface area (Å²) >= 11 is 0. The van der Waals surface area contributed by atoms with Crippen molar-refractivity contribution in [3.8, 4) is 16.9 Å². The highest BCUT2D eigenvalue weighted by Crippen LogP contribution is 2.29. The van der Waals surface area contributed by atoms with Crippen molar-refractivity contribution in [2.75, 3.05) is 24.6 Å². The minimum Gasteiger partial charge on any atom is -0.494 e. The van der Waals surface area contributed by atoms with Gasteiger partial charge in [-0.25, -0.2) is 0 Å². The zero-order valence-corrected chi connectivity index (χ0v) is 23.7. The van der Waals surface area contributed by atoms with Gasteiger partial charge in [-0.2, -0.15) is 0 Å². The smallest absolute Gasteiger partial charge is 0.119 e. The zero-order valence-electron chi connectivity index (χ0n) is 22.0. The van der Waals surface area contributed by atoms with Crippen molar-refractivity contribution in [1.82, 2.24) is 10.3 Å². The molecule has 1 N–H and O–H groups in total. The number of ether oxygens (including phenoxy) is 1. The standard InChI is InChI=1S/C30H39N3O.2ClH/c1-5-6-15-34-30-9-7-28(8-10-30)33(29-11-13-31-14-12-29)21-25-18-27(20-32-19-25)26-16-22(2)24(4)23(3)17-26;;/h7-10,16-20,29,31H,5-6,11-15,21H2,1-4H3;2*1H. The summed E-state index contributed by atoms with van der Waals surface area (Å²) in [6.45, 7) is 12.5. The molecule has 0 radical (unpaired) electrons. The van der Waals surface area contributed by atoms with Gasteiger partial charge in [0.2, 0.25) is 0 Å². The van der Waals surface area contributed by atoms with Crippen molar-refractivity contribution in [3.63, 3.8) is 0 Å². The summed E-state index contributed by atoms with van der Waals surface area (Å²) in [4.78, 5) is 7.19. The third-order valence-corrected chi connectivity index (χ3v) is 7.09. The van der Waals surface area contributed by atoms with Crippen LogP contribution in [0.3, 0.4) is 0 Å². The maximum absolute atomic E-state index is 5.90. The van der Waals surface area contributed by atoms with Crippen molar-refractivity contribution in [2.24, 2.45) is 0 Å². The number of aromatic nitrogens is 1. The highest BCUT2D eigenvalue weighted by Gasteiger charge is 2.22. The van der Waals surface area contributed by atoms with Crippen LogP contribution >= 0.6 is 24.8 Å². The van der Waals surface area contributed by atoms with Crippen LogP contribution in [0.1, 0.15) is 54.9 Å². The van der Waals surface area contributed by atoms with Crippen molar-refractivity contribution in [3.05, 3.63) is 77.1 Å². The monoisotopic (exact) mass is 529 g/mol. The Morgan fingerprint density at radius 3 is 2.22 bits per heavy atom. The van der Waals surface area contributed by atoms with Crippen LogP contribution in [0.4, 0.5) is 5.69 Å². The summed E-state index contributed by atoms with van der Waals surface area (Å²) in [5, 5.41) is 3.51. The number of anilines is 1. The van der Waals surface area contributed by atoms with Crippen molar-refractivity contribution in [2.45, 2.75) is 66.0 Å². The number of nitrogens with one attached hydrogen (secondary N) is 1. The first-order valence-corrected chi connectivity index (χ1v) is 12.8. The van der Waals surface area contributed by atoms with Crippen LogP contribution in [0.15, 0.2) is 54.9 Å². The first-order valence-electron chi connectivity index (χ1n) is 12.8. The fourth-order valence-corrected chi connectivity index (χ4v) is 4.75. The molecule has 0 amide bonds. The lowest BCUT2D eigenvalue weighted by Crippen LogP contribution is -2.43. The summed E-state index contributed by atoms with van der Waals surface area (Å²) < 4.78 is 5.90. The summed E-state index contributed by atoms with van der Waals surface area (Å²) in [5.74, 6) is 0.955. The molecule has 1 aliphatic heterocycles. The Morgan fingerprint density at radius 2 is 1.58 bits per heavy atom. The molecule has 3 aromatic rings. The molecule has 2 heterocycles. The Balaban J connectivity index is 0.00000228. The van der Waals surface area contributed by atoms with Crippen LogP contribution in [0.25, 0.3) is 11.1 Å². The molecule has 0 bridgehead atoms. The van der Waals surface area contributed by atoms with Crippen molar-refractivity contribution in [1.29, 1.82) is 0 Å². The molecule has 4 rings (SSSR count). The fourth-order valence-electron chi connectivity index (χ4n) is 4.75. The van der Waals surface area contributed by atoms with E-state index in [1.807, 2.05) is 12.4 Å².